The highest BCUT2D eigenvalue weighted by Gasteiger charge is 2.01. The van der Waals surface area contributed by atoms with E-state index < -0.39 is 0 Å². The van der Waals surface area contributed by atoms with Gasteiger partial charge in [-0.2, -0.15) is 0 Å². The third kappa shape index (κ3) is 1.46. The molecule has 0 N–H and O–H groups in total. The number of thiophene rings is 1. The number of hydrogen-bond donors (Lipinski definition) is 0. The van der Waals surface area contributed by atoms with Crippen molar-refractivity contribution >= 4 is 65.8 Å². The van der Waals surface area contributed by atoms with Gasteiger partial charge in [0.25, 0.3) is 0 Å². The zero-order valence-corrected chi connectivity index (χ0v) is 9.77. The van der Waals surface area contributed by atoms with Crippen LogP contribution in [0.2, 0.25) is 0 Å². The van der Waals surface area contributed by atoms with Crippen LogP contribution in [0, 0.1) is 2.88 Å². The summed E-state index contributed by atoms with van der Waals surface area (Å²) in [4.78, 5) is 0. The molecular weight excluding hydrogens is 367 g/mol. The van der Waals surface area contributed by atoms with Crippen LogP contribution in [0.15, 0.2) is 14.3 Å². The molecule has 0 aliphatic carbocycles. The summed E-state index contributed by atoms with van der Waals surface area (Å²) in [6.07, 6.45) is 0. The van der Waals surface area contributed by atoms with Gasteiger partial charge in [0.1, 0.15) is 0 Å². The van der Waals surface area contributed by atoms with Gasteiger partial charge in [0, 0.05) is 9.85 Å². The van der Waals surface area contributed by atoms with Crippen LogP contribution >= 0.6 is 65.8 Å². The van der Waals surface area contributed by atoms with Gasteiger partial charge in [-0.05, 0) is 54.5 Å². The Morgan fingerprint density at radius 1 is 1.50 bits per heavy atom. The summed E-state index contributed by atoms with van der Waals surface area (Å²) < 4.78 is 3.60. The van der Waals surface area contributed by atoms with Crippen LogP contribution < -0.4 is 0 Å². The molecule has 1 rings (SSSR count). The first-order valence-electron chi connectivity index (χ1n) is 1.80. The fraction of sp³-hybridized carbons (Fsp3) is 0. The molecule has 0 saturated heterocycles. The lowest BCUT2D eigenvalue weighted by Crippen LogP contribution is -1.56. The van der Waals surface area contributed by atoms with Crippen molar-refractivity contribution in [1.29, 1.82) is 0 Å². The van der Waals surface area contributed by atoms with Crippen molar-refractivity contribution in [3.63, 3.8) is 0 Å². The fourth-order valence-electron chi connectivity index (χ4n) is 0.301. The van der Waals surface area contributed by atoms with E-state index in [0.29, 0.717) is 0 Å². The zero-order chi connectivity index (χ0) is 6.15. The smallest absolute Gasteiger partial charge is 0.0807 e. The van der Waals surface area contributed by atoms with Crippen LogP contribution in [0.3, 0.4) is 0 Å². The molecular formula is C4HBr2IS. The molecule has 4 heteroatoms. The minimum Gasteiger partial charge on any atom is -0.135 e. The standard InChI is InChI=1S/C4HBr2IS/c5-2-1-8-4(7)3(2)6/h1H. The average molecular weight is 368 g/mol. The fourth-order valence-corrected chi connectivity index (χ4v) is 3.04. The lowest BCUT2D eigenvalue weighted by atomic mass is 10.7. The van der Waals surface area contributed by atoms with Crippen LogP contribution in [-0.2, 0) is 0 Å². The molecule has 1 heterocycles. The average Bonchev–Trinajstić information content (AvgIpc) is 1.98. The molecule has 0 bridgehead atoms. The second-order valence-corrected chi connectivity index (χ2v) is 5.51. The summed E-state index contributed by atoms with van der Waals surface area (Å²) in [7, 11) is 0. The number of halogens is 3. The van der Waals surface area contributed by atoms with Crippen molar-refractivity contribution in [3.05, 3.63) is 17.2 Å². The lowest BCUT2D eigenvalue weighted by Gasteiger charge is -1.80. The molecule has 0 atom stereocenters. The Morgan fingerprint density at radius 3 is 2.25 bits per heavy atom. The highest BCUT2D eigenvalue weighted by molar-refractivity contribution is 14.1. The van der Waals surface area contributed by atoms with E-state index >= 15 is 0 Å². The molecule has 0 aliphatic rings. The largest absolute Gasteiger partial charge is 0.135 e. The van der Waals surface area contributed by atoms with Gasteiger partial charge in [0.2, 0.25) is 0 Å². The van der Waals surface area contributed by atoms with E-state index in [2.05, 4.69) is 59.8 Å². The van der Waals surface area contributed by atoms with E-state index in [9.17, 15) is 0 Å². The Bertz CT molecular complexity index is 176. The first kappa shape index (κ1) is 7.50. The van der Waals surface area contributed by atoms with E-state index in [1.165, 1.54) is 7.36 Å². The highest BCUT2D eigenvalue weighted by Crippen LogP contribution is 2.32. The van der Waals surface area contributed by atoms with Crippen molar-refractivity contribution in [2.24, 2.45) is 0 Å². The van der Waals surface area contributed by atoms with Gasteiger partial charge < -0.3 is 0 Å². The third-order valence-electron chi connectivity index (χ3n) is 0.648. The summed E-state index contributed by atoms with van der Waals surface area (Å²) in [5, 5.41) is 2.06. The Morgan fingerprint density at radius 2 is 2.12 bits per heavy atom. The molecule has 1 aromatic heterocycles. The van der Waals surface area contributed by atoms with Crippen LogP contribution in [-0.4, -0.2) is 0 Å². The second kappa shape index (κ2) is 2.98. The SMILES string of the molecule is Brc1csc(I)c1Br. The van der Waals surface area contributed by atoms with E-state index in [1.807, 2.05) is 0 Å². The molecule has 0 radical (unpaired) electrons. The molecule has 0 saturated carbocycles. The minimum atomic E-state index is 1.15. The maximum Gasteiger partial charge on any atom is 0.0807 e. The first-order valence-corrected chi connectivity index (χ1v) is 5.34. The highest BCUT2D eigenvalue weighted by atomic mass is 127. The van der Waals surface area contributed by atoms with E-state index in [4.69, 9.17) is 0 Å². The van der Waals surface area contributed by atoms with Gasteiger partial charge in [-0.25, -0.2) is 0 Å². The maximum atomic E-state index is 3.41. The maximum absolute atomic E-state index is 3.41. The Labute approximate surface area is 82.1 Å². The van der Waals surface area contributed by atoms with Gasteiger partial charge in [0.15, 0.2) is 0 Å². The van der Waals surface area contributed by atoms with Crippen molar-refractivity contribution in [2.45, 2.75) is 0 Å². The van der Waals surface area contributed by atoms with Gasteiger partial charge in [0.05, 0.1) is 7.36 Å². The van der Waals surface area contributed by atoms with Crippen LogP contribution in [0.1, 0.15) is 0 Å². The predicted molar refractivity (Wildman–Crippen MR) is 52.4 cm³/mol. The molecule has 0 aliphatic heterocycles. The monoisotopic (exact) mass is 366 g/mol. The molecule has 44 valence electrons. The lowest BCUT2D eigenvalue weighted by molar-refractivity contribution is 1.75. The molecule has 0 aromatic carbocycles. The number of rotatable bonds is 0. The Balaban J connectivity index is 3.19. The van der Waals surface area contributed by atoms with Gasteiger partial charge in [-0.15, -0.1) is 11.3 Å². The third-order valence-corrected chi connectivity index (χ3v) is 6.00. The summed E-state index contributed by atoms with van der Waals surface area (Å²) in [6.45, 7) is 0. The Hall–Kier alpha value is 1.39. The molecule has 0 amide bonds. The second-order valence-electron chi connectivity index (χ2n) is 1.17. The van der Waals surface area contributed by atoms with Gasteiger partial charge in [-0.1, -0.05) is 0 Å². The van der Waals surface area contributed by atoms with Crippen LogP contribution in [0.5, 0.6) is 0 Å². The predicted octanol–water partition coefficient (Wildman–Crippen LogP) is 3.88. The Kier molecular flexibility index (Phi) is 2.80. The van der Waals surface area contributed by atoms with Crippen molar-refractivity contribution in [1.82, 2.24) is 0 Å². The zero-order valence-electron chi connectivity index (χ0n) is 3.62. The van der Waals surface area contributed by atoms with Crippen LogP contribution in [0.25, 0.3) is 0 Å². The first-order chi connectivity index (χ1) is 3.72. The van der Waals surface area contributed by atoms with E-state index in [0.717, 1.165) is 4.47 Å². The van der Waals surface area contributed by atoms with E-state index in [1.54, 1.807) is 11.3 Å². The molecule has 0 spiro atoms. The molecule has 8 heavy (non-hydrogen) atoms. The van der Waals surface area contributed by atoms with E-state index in [-0.39, 0.29) is 0 Å². The van der Waals surface area contributed by atoms with Gasteiger partial charge in [-0.3, -0.25) is 0 Å². The quantitative estimate of drug-likeness (QED) is 0.610. The summed E-state index contributed by atoms with van der Waals surface area (Å²) in [5.74, 6) is 0. The molecule has 1 aromatic rings. The van der Waals surface area contributed by atoms with Crippen molar-refractivity contribution in [3.8, 4) is 0 Å². The van der Waals surface area contributed by atoms with Gasteiger partial charge >= 0.3 is 0 Å². The van der Waals surface area contributed by atoms with Crippen LogP contribution in [0.4, 0.5) is 0 Å². The normalized spacial score (nSPS) is 9.88. The molecule has 0 fully saturated rings. The topological polar surface area (TPSA) is 0 Å². The molecule has 0 nitrogen and oxygen atoms in total. The summed E-state index contributed by atoms with van der Waals surface area (Å²) in [5.41, 5.74) is 0. The summed E-state index contributed by atoms with van der Waals surface area (Å²) in [6, 6.07) is 0. The van der Waals surface area contributed by atoms with Crippen molar-refractivity contribution in [2.75, 3.05) is 0 Å². The van der Waals surface area contributed by atoms with Crippen molar-refractivity contribution < 1.29 is 0 Å². The minimum absolute atomic E-state index is 1.15. The molecule has 0 unspecified atom stereocenters. The number of hydrogen-bond acceptors (Lipinski definition) is 1. The summed E-state index contributed by atoms with van der Waals surface area (Å²) >= 11 is 10.8.